The summed E-state index contributed by atoms with van der Waals surface area (Å²) in [4.78, 5) is 40.5. The number of H-pyrrole nitrogens is 1. The van der Waals surface area contributed by atoms with Crippen LogP contribution in [-0.4, -0.2) is 36.0 Å². The van der Waals surface area contributed by atoms with Crippen molar-refractivity contribution in [2.45, 2.75) is 6.54 Å². The number of sulfonamides is 1. The van der Waals surface area contributed by atoms with E-state index in [1.165, 1.54) is 42.8 Å². The highest BCUT2D eigenvalue weighted by atomic mass is 32.2. The number of fused-ring (bicyclic) bond motifs is 3. The zero-order valence-corrected chi connectivity index (χ0v) is 20.4. The number of aromatic amines is 1. The highest BCUT2D eigenvalue weighted by molar-refractivity contribution is 7.89. The van der Waals surface area contributed by atoms with Crippen molar-refractivity contribution in [3.05, 3.63) is 93.7 Å². The molecule has 0 aliphatic carbocycles. The summed E-state index contributed by atoms with van der Waals surface area (Å²) in [5.41, 5.74) is 4.06. The predicted octanol–water partition coefficient (Wildman–Crippen LogP) is 2.86. The fourth-order valence-corrected chi connectivity index (χ4v) is 4.86. The number of carbonyl (C=O) groups excluding carboxylic acids is 2. The first kappa shape index (κ1) is 24.9. The molecular formula is C25H18F2N4O6S. The lowest BCUT2D eigenvalue weighted by atomic mass is 10.0. The molecule has 0 spiro atoms. The Balaban J connectivity index is 1.95. The molecule has 194 valence electrons. The van der Waals surface area contributed by atoms with E-state index in [1.54, 1.807) is 0 Å². The van der Waals surface area contributed by atoms with Crippen molar-refractivity contribution in [1.29, 1.82) is 0 Å². The van der Waals surface area contributed by atoms with E-state index in [4.69, 9.17) is 10.2 Å². The molecule has 3 aromatic heterocycles. The second kappa shape index (κ2) is 8.95. The summed E-state index contributed by atoms with van der Waals surface area (Å²) in [5.74, 6) is -3.51. The van der Waals surface area contributed by atoms with Crippen molar-refractivity contribution in [3.8, 4) is 11.1 Å². The number of furan rings is 1. The second-order valence-corrected chi connectivity index (χ2v) is 10.3. The summed E-state index contributed by atoms with van der Waals surface area (Å²) in [5, 5.41) is 0.161. The van der Waals surface area contributed by atoms with Gasteiger partial charge in [-0.1, -0.05) is 0 Å². The van der Waals surface area contributed by atoms with Crippen LogP contribution in [0.4, 0.5) is 8.78 Å². The van der Waals surface area contributed by atoms with Gasteiger partial charge in [-0.05, 0) is 42.5 Å². The third kappa shape index (κ3) is 4.22. The van der Waals surface area contributed by atoms with Crippen molar-refractivity contribution >= 4 is 43.7 Å². The normalized spacial score (nSPS) is 11.8. The molecule has 0 aliphatic heterocycles. The van der Waals surface area contributed by atoms with E-state index in [9.17, 15) is 27.2 Å². The molecule has 0 aliphatic rings. The largest absolute Gasteiger partial charge is 0.463 e. The van der Waals surface area contributed by atoms with Crippen LogP contribution in [0.15, 0.2) is 64.1 Å². The van der Waals surface area contributed by atoms with Crippen molar-refractivity contribution in [3.63, 3.8) is 0 Å². The van der Waals surface area contributed by atoms with Gasteiger partial charge in [0.15, 0.2) is 0 Å². The lowest BCUT2D eigenvalue weighted by Gasteiger charge is -2.13. The highest BCUT2D eigenvalue weighted by Crippen LogP contribution is 2.40. The lowest BCUT2D eigenvalue weighted by Crippen LogP contribution is -2.32. The van der Waals surface area contributed by atoms with Crippen LogP contribution in [0.2, 0.25) is 0 Å². The molecule has 2 aromatic carbocycles. The molecule has 5 aromatic rings. The molecule has 0 saturated heterocycles. The van der Waals surface area contributed by atoms with Crippen LogP contribution in [0.3, 0.4) is 0 Å². The summed E-state index contributed by atoms with van der Waals surface area (Å²) >= 11 is 0. The number of amides is 2. The van der Waals surface area contributed by atoms with E-state index in [0.29, 0.717) is 0 Å². The Morgan fingerprint density at radius 3 is 2.58 bits per heavy atom. The van der Waals surface area contributed by atoms with Crippen LogP contribution in [0, 0.1) is 11.6 Å². The van der Waals surface area contributed by atoms with Crippen LogP contribution in [0.5, 0.6) is 0 Å². The van der Waals surface area contributed by atoms with Gasteiger partial charge in [0.25, 0.3) is 11.5 Å². The highest BCUT2D eigenvalue weighted by Gasteiger charge is 2.30. The smallest absolute Gasteiger partial charge is 0.282 e. The standard InChI is InChI=1S/C25H18F2N4O6S/c1-38(35,36)30-25(34)21-19(15-3-2-7-29-24(15)33)20-18(10-17(27)14-6-8-37-22(14)20)31(21)11-13-9-12(23(28)32)4-5-16(13)26/h2-10H,11H2,1H3,(H2,28,32)(H,29,33)(H,30,34). The van der Waals surface area contributed by atoms with Crippen LogP contribution in [-0.2, 0) is 16.6 Å². The van der Waals surface area contributed by atoms with Crippen LogP contribution in [0.1, 0.15) is 26.4 Å². The molecule has 3 heterocycles. The van der Waals surface area contributed by atoms with Crippen molar-refractivity contribution in [1.82, 2.24) is 14.3 Å². The maximum absolute atomic E-state index is 15.1. The number of hydrogen-bond donors (Lipinski definition) is 3. The number of rotatable bonds is 6. The molecule has 13 heteroatoms. The number of nitrogens with zero attached hydrogens (tertiary/aromatic N) is 1. The second-order valence-electron chi connectivity index (χ2n) is 8.51. The minimum Gasteiger partial charge on any atom is -0.463 e. The van der Waals surface area contributed by atoms with Crippen LogP contribution < -0.4 is 16.0 Å². The van der Waals surface area contributed by atoms with Gasteiger partial charge in [0.05, 0.1) is 40.9 Å². The predicted molar refractivity (Wildman–Crippen MR) is 134 cm³/mol. The van der Waals surface area contributed by atoms with E-state index >= 15 is 4.39 Å². The summed E-state index contributed by atoms with van der Waals surface area (Å²) in [6.07, 6.45) is 3.33. The fourth-order valence-electron chi connectivity index (χ4n) is 4.42. The quantitative estimate of drug-likeness (QED) is 0.301. The first-order valence-electron chi connectivity index (χ1n) is 11.0. The van der Waals surface area contributed by atoms with Gasteiger partial charge in [-0.25, -0.2) is 21.9 Å². The Morgan fingerprint density at radius 2 is 1.89 bits per heavy atom. The number of nitrogens with two attached hydrogens (primary N) is 1. The minimum absolute atomic E-state index is 0.00531. The Kier molecular flexibility index (Phi) is 5.87. The van der Waals surface area contributed by atoms with Gasteiger partial charge in [-0.3, -0.25) is 14.4 Å². The SMILES string of the molecule is CS(=O)(=O)NC(=O)c1c(-c2ccc[nH]c2=O)c2c3occc3c(F)cc2n1Cc1cc(C(N)=O)ccc1F. The average molecular weight is 541 g/mol. The Bertz CT molecular complexity index is 1960. The molecule has 4 N–H and O–H groups in total. The molecule has 10 nitrogen and oxygen atoms in total. The van der Waals surface area contributed by atoms with Gasteiger partial charge in [-0.15, -0.1) is 0 Å². The van der Waals surface area contributed by atoms with E-state index < -0.39 is 45.6 Å². The van der Waals surface area contributed by atoms with E-state index in [1.807, 2.05) is 4.72 Å². The third-order valence-corrected chi connectivity index (χ3v) is 6.51. The van der Waals surface area contributed by atoms with Gasteiger partial charge in [0.1, 0.15) is 22.9 Å². The molecule has 0 atom stereocenters. The van der Waals surface area contributed by atoms with E-state index in [0.717, 1.165) is 23.0 Å². The van der Waals surface area contributed by atoms with Gasteiger partial charge in [-0.2, -0.15) is 0 Å². The molecule has 0 bridgehead atoms. The van der Waals surface area contributed by atoms with Crippen LogP contribution >= 0.6 is 0 Å². The molecule has 38 heavy (non-hydrogen) atoms. The maximum Gasteiger partial charge on any atom is 0.282 e. The van der Waals surface area contributed by atoms with Gasteiger partial charge < -0.3 is 19.7 Å². The fraction of sp³-hybridized carbons (Fsp3) is 0.0800. The monoisotopic (exact) mass is 540 g/mol. The molecule has 0 fully saturated rings. The van der Waals surface area contributed by atoms with Crippen LogP contribution in [0.25, 0.3) is 33.0 Å². The third-order valence-electron chi connectivity index (χ3n) is 5.96. The zero-order valence-electron chi connectivity index (χ0n) is 19.5. The van der Waals surface area contributed by atoms with Crippen molar-refractivity contribution in [2.24, 2.45) is 5.73 Å². The van der Waals surface area contributed by atoms with Crippen molar-refractivity contribution < 1.29 is 31.2 Å². The number of hydrogen-bond acceptors (Lipinski definition) is 6. The molecular weight excluding hydrogens is 522 g/mol. The van der Waals surface area contributed by atoms with E-state index in [2.05, 4.69) is 4.98 Å². The average Bonchev–Trinajstić information content (AvgIpc) is 3.43. The number of benzene rings is 2. The Hall–Kier alpha value is -4.78. The number of nitrogens with one attached hydrogen (secondary N) is 2. The Labute approximate surface area is 212 Å². The summed E-state index contributed by atoms with van der Waals surface area (Å²) in [7, 11) is -4.11. The number of primary amides is 1. The first-order valence-corrected chi connectivity index (χ1v) is 12.9. The summed E-state index contributed by atoms with van der Waals surface area (Å²) in [6.45, 7) is -0.466. The van der Waals surface area contributed by atoms with Crippen molar-refractivity contribution in [2.75, 3.05) is 6.26 Å². The minimum atomic E-state index is -4.11. The zero-order chi connectivity index (χ0) is 27.4. The molecule has 0 radical (unpaired) electrons. The lowest BCUT2D eigenvalue weighted by molar-refractivity contribution is 0.0971. The van der Waals surface area contributed by atoms with E-state index in [-0.39, 0.29) is 49.8 Å². The van der Waals surface area contributed by atoms with Gasteiger partial charge in [0, 0.05) is 22.9 Å². The van der Waals surface area contributed by atoms with Gasteiger partial charge in [0.2, 0.25) is 15.9 Å². The molecule has 5 rings (SSSR count). The first-order chi connectivity index (χ1) is 18.0. The number of carbonyl (C=O) groups is 2. The maximum atomic E-state index is 15.1. The topological polar surface area (TPSA) is 157 Å². The summed E-state index contributed by atoms with van der Waals surface area (Å²) in [6, 6.07) is 8.64. The van der Waals surface area contributed by atoms with Gasteiger partial charge >= 0.3 is 0 Å². The number of halogens is 2. The Morgan fingerprint density at radius 1 is 1.13 bits per heavy atom. The number of pyridine rings is 1. The molecule has 0 unspecified atom stereocenters. The molecule has 2 amide bonds. The molecule has 0 saturated carbocycles. The summed E-state index contributed by atoms with van der Waals surface area (Å²) < 4.78 is 62.6. The number of aromatic nitrogens is 2.